The minimum atomic E-state index is 0. The highest BCUT2D eigenvalue weighted by Crippen LogP contribution is 2.38. The number of hydrogen-bond acceptors (Lipinski definition) is 2. The van der Waals surface area contributed by atoms with Gasteiger partial charge in [-0.15, -0.1) is 17.0 Å². The third-order valence-corrected chi connectivity index (χ3v) is 4.16. The minimum Gasteiger partial charge on any atom is -0.358 e. The fourth-order valence-electron chi connectivity index (χ4n) is 2.81. The molecule has 0 radical (unpaired) electrons. The van der Waals surface area contributed by atoms with E-state index in [4.69, 9.17) is 23.2 Å². The lowest BCUT2D eigenvalue weighted by Crippen LogP contribution is -2.24. The van der Waals surface area contributed by atoms with Gasteiger partial charge in [0.25, 0.3) is 0 Å². The molecule has 0 N–H and O–H groups in total. The average Bonchev–Trinajstić information content (AvgIpc) is 2.74. The molecule has 1 aromatic carbocycles. The van der Waals surface area contributed by atoms with Crippen molar-refractivity contribution in [2.45, 2.75) is 25.3 Å². The van der Waals surface area contributed by atoms with Crippen LogP contribution in [0.5, 0.6) is 0 Å². The van der Waals surface area contributed by atoms with Crippen LogP contribution in [-0.4, -0.2) is 29.9 Å². The van der Waals surface area contributed by atoms with Gasteiger partial charge in [0.15, 0.2) is 0 Å². The summed E-state index contributed by atoms with van der Waals surface area (Å²) in [7, 11) is 0. The number of benzene rings is 1. The molecule has 2 aliphatic heterocycles. The zero-order chi connectivity index (χ0) is 12.0. The van der Waals surface area contributed by atoms with Crippen LogP contribution in [0.2, 0.25) is 10.0 Å². The molecule has 2 unspecified atom stereocenters. The molecular formula is C13H15BrCl2N2. The van der Waals surface area contributed by atoms with Crippen LogP contribution in [0.15, 0.2) is 23.2 Å². The number of halogens is 3. The zero-order valence-corrected chi connectivity index (χ0v) is 13.3. The zero-order valence-electron chi connectivity index (χ0n) is 10.1. The molecule has 0 aromatic heterocycles. The molecule has 3 rings (SSSR count). The van der Waals surface area contributed by atoms with Crippen molar-refractivity contribution in [1.29, 1.82) is 0 Å². The summed E-state index contributed by atoms with van der Waals surface area (Å²) in [5, 5.41) is 1.55. The third-order valence-electron chi connectivity index (χ3n) is 3.50. The van der Waals surface area contributed by atoms with E-state index in [2.05, 4.69) is 16.8 Å². The van der Waals surface area contributed by atoms with Crippen LogP contribution in [0.4, 0.5) is 0 Å². The highest BCUT2D eigenvalue weighted by atomic mass is 79.9. The molecule has 1 fully saturated rings. The van der Waals surface area contributed by atoms with Gasteiger partial charge in [-0.3, -0.25) is 4.99 Å². The van der Waals surface area contributed by atoms with Crippen molar-refractivity contribution in [3.8, 4) is 0 Å². The Bertz CT molecular complexity index is 470. The molecule has 1 saturated heterocycles. The van der Waals surface area contributed by atoms with E-state index >= 15 is 0 Å². The van der Waals surface area contributed by atoms with E-state index in [0.717, 1.165) is 35.1 Å². The normalized spacial score (nSPS) is 25.7. The second-order valence-electron chi connectivity index (χ2n) is 4.84. The highest BCUT2D eigenvalue weighted by Gasteiger charge is 2.35. The summed E-state index contributed by atoms with van der Waals surface area (Å²) in [6.45, 7) is 4.18. The Morgan fingerprint density at radius 2 is 1.89 bits per heavy atom. The Balaban J connectivity index is 0.00000120. The van der Waals surface area contributed by atoms with Gasteiger partial charge in [-0.1, -0.05) is 29.3 Å². The molecule has 2 atom stereocenters. The second kappa shape index (κ2) is 5.40. The van der Waals surface area contributed by atoms with Crippen molar-refractivity contribution >= 4 is 46.0 Å². The maximum atomic E-state index is 6.25. The Morgan fingerprint density at radius 3 is 2.50 bits per heavy atom. The van der Waals surface area contributed by atoms with Gasteiger partial charge in [0, 0.05) is 35.5 Å². The Labute approximate surface area is 128 Å². The van der Waals surface area contributed by atoms with E-state index in [9.17, 15) is 0 Å². The third kappa shape index (κ3) is 2.40. The van der Waals surface area contributed by atoms with Crippen molar-refractivity contribution in [3.05, 3.63) is 33.8 Å². The average molecular weight is 350 g/mol. The van der Waals surface area contributed by atoms with Crippen molar-refractivity contribution in [2.75, 3.05) is 13.1 Å². The molecule has 0 amide bonds. The number of fused-ring (bicyclic) bond motifs is 1. The second-order valence-corrected chi connectivity index (χ2v) is 5.65. The maximum absolute atomic E-state index is 6.25. The van der Waals surface area contributed by atoms with Crippen molar-refractivity contribution < 1.29 is 0 Å². The fourth-order valence-corrected chi connectivity index (χ4v) is 3.51. The monoisotopic (exact) mass is 348 g/mol. The van der Waals surface area contributed by atoms with E-state index < -0.39 is 0 Å². The van der Waals surface area contributed by atoms with Crippen LogP contribution in [0, 0.1) is 0 Å². The summed E-state index contributed by atoms with van der Waals surface area (Å²) < 4.78 is 0. The summed E-state index contributed by atoms with van der Waals surface area (Å²) in [6, 6.07) is 6.16. The molecule has 18 heavy (non-hydrogen) atoms. The van der Waals surface area contributed by atoms with Gasteiger partial charge in [-0.25, -0.2) is 0 Å². The van der Waals surface area contributed by atoms with E-state index in [1.807, 2.05) is 18.2 Å². The lowest BCUT2D eigenvalue weighted by atomic mass is 9.98. The molecule has 0 spiro atoms. The van der Waals surface area contributed by atoms with E-state index in [1.54, 1.807) is 0 Å². The molecule has 0 saturated carbocycles. The number of amidine groups is 1. The van der Waals surface area contributed by atoms with Gasteiger partial charge >= 0.3 is 0 Å². The van der Waals surface area contributed by atoms with Gasteiger partial charge in [0.05, 0.1) is 6.04 Å². The molecule has 2 nitrogen and oxygen atoms in total. The smallest absolute Gasteiger partial charge is 0.100 e. The molecule has 1 aromatic rings. The highest BCUT2D eigenvalue weighted by molar-refractivity contribution is 8.93. The van der Waals surface area contributed by atoms with Crippen LogP contribution >= 0.6 is 40.2 Å². The largest absolute Gasteiger partial charge is 0.358 e. The molecule has 5 heteroatoms. The standard InChI is InChI=1S/C13H14Cl2N2.BrH/c1-8-6-17-7-9(5-12(17)16-8)13-10(14)3-2-4-11(13)15;/h2-4,8-9H,5-7H2,1H3;1H. The van der Waals surface area contributed by atoms with Crippen molar-refractivity contribution in [1.82, 2.24) is 4.90 Å². The summed E-state index contributed by atoms with van der Waals surface area (Å²) in [4.78, 5) is 7.00. The lowest BCUT2D eigenvalue weighted by Gasteiger charge is -2.16. The molecule has 98 valence electrons. The van der Waals surface area contributed by atoms with Crippen LogP contribution in [-0.2, 0) is 0 Å². The van der Waals surface area contributed by atoms with Crippen LogP contribution in [0.1, 0.15) is 24.8 Å². The first-order valence-corrected chi connectivity index (χ1v) is 6.66. The molecule has 0 aliphatic carbocycles. The van der Waals surface area contributed by atoms with E-state index in [0.29, 0.717) is 12.0 Å². The SMILES string of the molecule is Br.CC1CN2CC(c3c(Cl)cccc3Cl)CC2=N1. The van der Waals surface area contributed by atoms with Gasteiger partial charge < -0.3 is 4.90 Å². The number of hydrogen-bond donors (Lipinski definition) is 0. The maximum Gasteiger partial charge on any atom is 0.100 e. The Kier molecular flexibility index (Phi) is 4.25. The predicted octanol–water partition coefficient (Wildman–Crippen LogP) is 4.16. The van der Waals surface area contributed by atoms with Gasteiger partial charge in [0.1, 0.15) is 5.84 Å². The predicted molar refractivity (Wildman–Crippen MR) is 82.6 cm³/mol. The Morgan fingerprint density at radius 1 is 1.22 bits per heavy atom. The molecule has 2 heterocycles. The molecule has 0 bridgehead atoms. The topological polar surface area (TPSA) is 15.6 Å². The van der Waals surface area contributed by atoms with Crippen molar-refractivity contribution in [3.63, 3.8) is 0 Å². The summed E-state index contributed by atoms with van der Waals surface area (Å²) in [5.41, 5.74) is 1.08. The van der Waals surface area contributed by atoms with Gasteiger partial charge in [0.2, 0.25) is 0 Å². The van der Waals surface area contributed by atoms with Crippen LogP contribution < -0.4 is 0 Å². The first-order chi connectivity index (χ1) is 8.15. The molecule has 2 aliphatic rings. The van der Waals surface area contributed by atoms with Gasteiger partial charge in [-0.05, 0) is 24.6 Å². The summed E-state index contributed by atoms with van der Waals surface area (Å²) >= 11 is 12.5. The fraction of sp³-hybridized carbons (Fsp3) is 0.462. The van der Waals surface area contributed by atoms with E-state index in [1.165, 1.54) is 5.84 Å². The lowest BCUT2D eigenvalue weighted by molar-refractivity contribution is 0.441. The number of nitrogens with zero attached hydrogens (tertiary/aromatic N) is 2. The summed E-state index contributed by atoms with van der Waals surface area (Å²) in [6.07, 6.45) is 0.966. The van der Waals surface area contributed by atoms with E-state index in [-0.39, 0.29) is 17.0 Å². The first kappa shape index (κ1) is 14.2. The minimum absolute atomic E-state index is 0. The quantitative estimate of drug-likeness (QED) is 0.743. The Hall–Kier alpha value is -0.250. The van der Waals surface area contributed by atoms with Crippen LogP contribution in [0.3, 0.4) is 0 Å². The number of rotatable bonds is 1. The number of aliphatic imine (C=N–C) groups is 1. The van der Waals surface area contributed by atoms with Crippen LogP contribution in [0.25, 0.3) is 0 Å². The van der Waals surface area contributed by atoms with Gasteiger partial charge in [-0.2, -0.15) is 0 Å². The first-order valence-electron chi connectivity index (χ1n) is 5.90. The van der Waals surface area contributed by atoms with Crippen molar-refractivity contribution in [2.24, 2.45) is 4.99 Å². The summed E-state index contributed by atoms with van der Waals surface area (Å²) in [5.74, 6) is 1.61. The molecular weight excluding hydrogens is 335 g/mol.